The molecule has 1 rings (SSSR count). The quantitative estimate of drug-likeness (QED) is 0.897. The third kappa shape index (κ3) is 3.55. The lowest BCUT2D eigenvalue weighted by atomic mass is 9.98. The van der Waals surface area contributed by atoms with Crippen LogP contribution in [0.3, 0.4) is 0 Å². The second-order valence-electron chi connectivity index (χ2n) is 4.86. The van der Waals surface area contributed by atoms with Gasteiger partial charge in [0.1, 0.15) is 0 Å². The highest BCUT2D eigenvalue weighted by Crippen LogP contribution is 2.25. The Labute approximate surface area is 113 Å². The van der Waals surface area contributed by atoms with Crippen LogP contribution in [0.1, 0.15) is 35.3 Å². The van der Waals surface area contributed by atoms with E-state index in [9.17, 15) is 13.2 Å². The van der Waals surface area contributed by atoms with E-state index in [1.807, 2.05) is 19.9 Å². The molecule has 0 aromatic heterocycles. The van der Waals surface area contributed by atoms with Crippen molar-refractivity contribution in [3.63, 3.8) is 0 Å². The topological polar surface area (TPSA) is 101 Å². The first-order valence-corrected chi connectivity index (χ1v) is 7.62. The fourth-order valence-electron chi connectivity index (χ4n) is 1.97. The molecule has 19 heavy (non-hydrogen) atoms. The molecule has 6 heteroatoms. The molecule has 2 N–H and O–H groups in total. The first-order chi connectivity index (χ1) is 8.66. The monoisotopic (exact) mass is 280 g/mol. The van der Waals surface area contributed by atoms with Crippen molar-refractivity contribution in [2.24, 2.45) is 11.7 Å². The molecular formula is C13H16N2O3S. The van der Waals surface area contributed by atoms with E-state index < -0.39 is 15.7 Å². The number of hydrogen-bond donors (Lipinski definition) is 1. The van der Waals surface area contributed by atoms with Gasteiger partial charge in [0, 0.05) is 6.26 Å². The Bertz CT molecular complexity index is 655. The van der Waals surface area contributed by atoms with E-state index >= 15 is 0 Å². The summed E-state index contributed by atoms with van der Waals surface area (Å²) in [7, 11) is -3.59. The summed E-state index contributed by atoms with van der Waals surface area (Å²) < 4.78 is 23.7. The van der Waals surface area contributed by atoms with Crippen molar-refractivity contribution in [1.29, 1.82) is 5.26 Å². The largest absolute Gasteiger partial charge is 0.366 e. The highest BCUT2D eigenvalue weighted by Gasteiger charge is 2.23. The number of carbonyl (C=O) groups excluding carboxylic acids is 1. The third-order valence-electron chi connectivity index (χ3n) is 2.56. The van der Waals surface area contributed by atoms with Gasteiger partial charge >= 0.3 is 0 Å². The molecule has 0 unspecified atom stereocenters. The molecule has 1 amide bonds. The molecule has 1 aromatic rings. The maximum Gasteiger partial charge on any atom is 0.250 e. The van der Waals surface area contributed by atoms with E-state index in [0.717, 1.165) is 6.26 Å². The summed E-state index contributed by atoms with van der Waals surface area (Å²) in [5, 5.41) is 8.94. The Kier molecular flexibility index (Phi) is 4.32. The number of benzene rings is 1. The first-order valence-electron chi connectivity index (χ1n) is 5.73. The Balaban J connectivity index is 3.72. The maximum atomic E-state index is 11.9. The van der Waals surface area contributed by atoms with Crippen LogP contribution in [-0.4, -0.2) is 20.6 Å². The van der Waals surface area contributed by atoms with Gasteiger partial charge in [0.05, 0.1) is 22.1 Å². The van der Waals surface area contributed by atoms with E-state index in [1.54, 1.807) is 0 Å². The van der Waals surface area contributed by atoms with Crippen LogP contribution in [-0.2, 0) is 16.3 Å². The van der Waals surface area contributed by atoms with Crippen molar-refractivity contribution < 1.29 is 13.2 Å². The summed E-state index contributed by atoms with van der Waals surface area (Å²) in [5.74, 6) is -0.655. The lowest BCUT2D eigenvalue weighted by molar-refractivity contribution is 0.0997. The third-order valence-corrected chi connectivity index (χ3v) is 3.78. The average molecular weight is 280 g/mol. The molecular weight excluding hydrogens is 264 g/mol. The number of carbonyl (C=O) groups is 1. The number of nitrogens with zero attached hydrogens (tertiary/aromatic N) is 1. The Morgan fingerprint density at radius 2 is 2.00 bits per heavy atom. The smallest absolute Gasteiger partial charge is 0.250 e. The van der Waals surface area contributed by atoms with E-state index in [-0.39, 0.29) is 21.9 Å². The fraction of sp³-hybridized carbons (Fsp3) is 0.385. The summed E-state index contributed by atoms with van der Waals surface area (Å²) >= 11 is 0. The van der Waals surface area contributed by atoms with Crippen molar-refractivity contribution >= 4 is 15.7 Å². The predicted molar refractivity (Wildman–Crippen MR) is 71.3 cm³/mol. The molecule has 0 saturated carbocycles. The molecule has 1 aromatic carbocycles. The van der Waals surface area contributed by atoms with Gasteiger partial charge in [0.25, 0.3) is 0 Å². The molecule has 5 nitrogen and oxygen atoms in total. The fourth-order valence-corrected chi connectivity index (χ4v) is 3.14. The van der Waals surface area contributed by atoms with Gasteiger partial charge in [-0.1, -0.05) is 13.8 Å². The van der Waals surface area contributed by atoms with Gasteiger partial charge in [-0.25, -0.2) is 8.42 Å². The standard InChI is InChI=1S/C13H16N2O3S/c1-8(2)4-10-5-9(7-14)6-11(13(15)16)12(10)19(3,17)18/h5-6,8H,4H2,1-3H3,(H2,15,16). The van der Waals surface area contributed by atoms with Crippen LogP contribution in [0.5, 0.6) is 0 Å². The Morgan fingerprint density at radius 1 is 1.42 bits per heavy atom. The van der Waals surface area contributed by atoms with Crippen molar-refractivity contribution in [3.8, 4) is 6.07 Å². The van der Waals surface area contributed by atoms with Crippen LogP contribution in [0.15, 0.2) is 17.0 Å². The molecule has 0 heterocycles. The number of nitriles is 1. The molecule has 0 saturated heterocycles. The zero-order valence-electron chi connectivity index (χ0n) is 11.1. The van der Waals surface area contributed by atoms with Gasteiger partial charge in [0.15, 0.2) is 9.84 Å². The summed E-state index contributed by atoms with van der Waals surface area (Å²) in [6, 6.07) is 4.64. The highest BCUT2D eigenvalue weighted by molar-refractivity contribution is 7.90. The Morgan fingerprint density at radius 3 is 2.37 bits per heavy atom. The van der Waals surface area contributed by atoms with Crippen molar-refractivity contribution in [3.05, 3.63) is 28.8 Å². The zero-order chi connectivity index (χ0) is 14.8. The second kappa shape index (κ2) is 5.41. The number of sulfone groups is 1. The summed E-state index contributed by atoms with van der Waals surface area (Å²) in [5.41, 5.74) is 5.80. The molecule has 0 spiro atoms. The second-order valence-corrected chi connectivity index (χ2v) is 6.81. The molecule has 102 valence electrons. The molecule has 0 radical (unpaired) electrons. The minimum Gasteiger partial charge on any atom is -0.366 e. The minimum absolute atomic E-state index is 0.0623. The summed E-state index contributed by atoms with van der Waals surface area (Å²) in [6.07, 6.45) is 1.49. The molecule has 0 aliphatic carbocycles. The van der Waals surface area contributed by atoms with Gasteiger partial charge in [-0.15, -0.1) is 0 Å². The maximum absolute atomic E-state index is 11.9. The van der Waals surface area contributed by atoms with E-state index in [1.165, 1.54) is 12.1 Å². The van der Waals surface area contributed by atoms with Gasteiger partial charge in [-0.2, -0.15) is 5.26 Å². The van der Waals surface area contributed by atoms with Gasteiger partial charge in [-0.3, -0.25) is 4.79 Å². The predicted octanol–water partition coefficient (Wildman–Crippen LogP) is 1.26. The lowest BCUT2D eigenvalue weighted by Gasteiger charge is -2.14. The SMILES string of the molecule is CC(C)Cc1cc(C#N)cc(C(N)=O)c1S(C)(=O)=O. The van der Waals surface area contributed by atoms with Crippen LogP contribution in [0, 0.1) is 17.2 Å². The minimum atomic E-state index is -3.59. The van der Waals surface area contributed by atoms with Crippen molar-refractivity contribution in [1.82, 2.24) is 0 Å². The van der Waals surface area contributed by atoms with Crippen molar-refractivity contribution in [2.75, 3.05) is 6.26 Å². The summed E-state index contributed by atoms with van der Waals surface area (Å²) in [6.45, 7) is 3.85. The Hall–Kier alpha value is -1.87. The molecule has 0 fully saturated rings. The number of amides is 1. The van der Waals surface area contributed by atoms with Gasteiger partial charge in [0.2, 0.25) is 5.91 Å². The van der Waals surface area contributed by atoms with Crippen LogP contribution in [0.4, 0.5) is 0 Å². The molecule has 0 atom stereocenters. The molecule has 0 aliphatic heterocycles. The number of hydrogen-bond acceptors (Lipinski definition) is 4. The summed E-state index contributed by atoms with van der Waals surface area (Å²) in [4.78, 5) is 11.4. The van der Waals surface area contributed by atoms with Crippen LogP contribution < -0.4 is 5.73 Å². The zero-order valence-corrected chi connectivity index (χ0v) is 11.9. The molecule has 0 bridgehead atoms. The lowest BCUT2D eigenvalue weighted by Crippen LogP contribution is -2.18. The van der Waals surface area contributed by atoms with Crippen LogP contribution in [0.25, 0.3) is 0 Å². The van der Waals surface area contributed by atoms with Crippen molar-refractivity contribution in [2.45, 2.75) is 25.2 Å². The van der Waals surface area contributed by atoms with E-state index in [4.69, 9.17) is 11.0 Å². The van der Waals surface area contributed by atoms with Gasteiger partial charge < -0.3 is 5.73 Å². The normalized spacial score (nSPS) is 11.3. The van der Waals surface area contributed by atoms with Crippen LogP contribution >= 0.6 is 0 Å². The van der Waals surface area contributed by atoms with E-state index in [0.29, 0.717) is 12.0 Å². The van der Waals surface area contributed by atoms with Gasteiger partial charge in [-0.05, 0) is 30.0 Å². The number of rotatable bonds is 4. The number of primary amides is 1. The first kappa shape index (κ1) is 15.2. The molecule has 0 aliphatic rings. The van der Waals surface area contributed by atoms with E-state index in [2.05, 4.69) is 0 Å². The highest BCUT2D eigenvalue weighted by atomic mass is 32.2. The number of nitrogens with two attached hydrogens (primary N) is 1. The van der Waals surface area contributed by atoms with Crippen LogP contribution in [0.2, 0.25) is 0 Å². The average Bonchev–Trinajstić information content (AvgIpc) is 2.25.